The average molecular weight is 202 g/mol. The van der Waals surface area contributed by atoms with Gasteiger partial charge in [0.15, 0.2) is 0 Å². The highest BCUT2D eigenvalue weighted by Gasteiger charge is 2.16. The standard InChI is InChI=1S/C10H18O2S/c1-8-5-9(3-4-13(2)12)7-10(11)6-8/h7-8,10-11H,3-6H2,1-2H3. The summed E-state index contributed by atoms with van der Waals surface area (Å²) in [4.78, 5) is 0. The molecule has 0 spiro atoms. The van der Waals surface area contributed by atoms with Crippen LogP contribution in [0.1, 0.15) is 26.2 Å². The van der Waals surface area contributed by atoms with Gasteiger partial charge in [-0.2, -0.15) is 0 Å². The highest BCUT2D eigenvalue weighted by atomic mass is 32.2. The van der Waals surface area contributed by atoms with Crippen molar-refractivity contribution in [1.29, 1.82) is 0 Å². The van der Waals surface area contributed by atoms with Crippen LogP contribution in [-0.2, 0) is 10.8 Å². The Hall–Kier alpha value is -0.150. The molecule has 0 saturated heterocycles. The molecule has 1 N–H and O–H groups in total. The van der Waals surface area contributed by atoms with Crippen LogP contribution in [-0.4, -0.2) is 27.4 Å². The predicted molar refractivity (Wildman–Crippen MR) is 56.0 cm³/mol. The third-order valence-corrected chi connectivity index (χ3v) is 3.17. The Kier molecular flexibility index (Phi) is 4.13. The van der Waals surface area contributed by atoms with Crippen molar-refractivity contribution < 1.29 is 9.32 Å². The van der Waals surface area contributed by atoms with E-state index in [0.29, 0.717) is 5.92 Å². The lowest BCUT2D eigenvalue weighted by Gasteiger charge is -2.22. The Balaban J connectivity index is 2.44. The van der Waals surface area contributed by atoms with Gasteiger partial charge in [0.1, 0.15) is 0 Å². The van der Waals surface area contributed by atoms with Gasteiger partial charge >= 0.3 is 0 Å². The molecule has 0 aromatic heterocycles. The smallest absolute Gasteiger partial charge is 0.0726 e. The maximum atomic E-state index is 10.9. The van der Waals surface area contributed by atoms with Crippen LogP contribution < -0.4 is 0 Å². The molecule has 13 heavy (non-hydrogen) atoms. The van der Waals surface area contributed by atoms with Crippen molar-refractivity contribution in [2.45, 2.75) is 32.3 Å². The zero-order valence-corrected chi connectivity index (χ0v) is 9.14. The van der Waals surface area contributed by atoms with Crippen LogP contribution in [0, 0.1) is 5.92 Å². The van der Waals surface area contributed by atoms with Crippen LogP contribution in [0.15, 0.2) is 11.6 Å². The van der Waals surface area contributed by atoms with Gasteiger partial charge in [0.25, 0.3) is 0 Å². The molecular weight excluding hydrogens is 184 g/mol. The summed E-state index contributed by atoms with van der Waals surface area (Å²) in [6, 6.07) is 0. The molecule has 0 fully saturated rings. The average Bonchev–Trinajstić information content (AvgIpc) is 1.99. The predicted octanol–water partition coefficient (Wildman–Crippen LogP) is 1.47. The van der Waals surface area contributed by atoms with Crippen LogP contribution in [0.25, 0.3) is 0 Å². The topological polar surface area (TPSA) is 37.3 Å². The summed E-state index contributed by atoms with van der Waals surface area (Å²) in [5.74, 6) is 1.30. The third kappa shape index (κ3) is 4.05. The van der Waals surface area contributed by atoms with E-state index in [1.54, 1.807) is 6.26 Å². The number of hydrogen-bond donors (Lipinski definition) is 1. The summed E-state index contributed by atoms with van der Waals surface area (Å²) in [6.07, 6.45) is 6.21. The van der Waals surface area contributed by atoms with E-state index in [-0.39, 0.29) is 6.10 Å². The maximum absolute atomic E-state index is 10.9. The number of hydrogen-bond acceptors (Lipinski definition) is 2. The highest BCUT2D eigenvalue weighted by molar-refractivity contribution is 7.84. The summed E-state index contributed by atoms with van der Waals surface area (Å²) in [7, 11) is -0.712. The van der Waals surface area contributed by atoms with Gasteiger partial charge < -0.3 is 5.11 Å². The molecule has 1 aliphatic carbocycles. The van der Waals surface area contributed by atoms with E-state index < -0.39 is 10.8 Å². The summed E-state index contributed by atoms with van der Waals surface area (Å²) < 4.78 is 10.9. The number of aliphatic hydroxyl groups is 1. The van der Waals surface area contributed by atoms with Crippen LogP contribution in [0.5, 0.6) is 0 Å². The molecule has 3 atom stereocenters. The fraction of sp³-hybridized carbons (Fsp3) is 0.800. The lowest BCUT2D eigenvalue weighted by molar-refractivity contribution is 0.180. The summed E-state index contributed by atoms with van der Waals surface area (Å²) >= 11 is 0. The quantitative estimate of drug-likeness (QED) is 0.704. The first-order valence-corrected chi connectivity index (χ1v) is 6.48. The SMILES string of the molecule is CC1CC(CCS(C)=O)=CC(O)C1. The molecule has 3 heteroatoms. The molecule has 0 aromatic rings. The molecule has 0 heterocycles. The second kappa shape index (κ2) is 4.91. The van der Waals surface area contributed by atoms with Gasteiger partial charge in [0.2, 0.25) is 0 Å². The van der Waals surface area contributed by atoms with Crippen LogP contribution in [0.4, 0.5) is 0 Å². The Morgan fingerprint density at radius 3 is 2.92 bits per heavy atom. The Morgan fingerprint density at radius 2 is 2.38 bits per heavy atom. The van der Waals surface area contributed by atoms with Crippen molar-refractivity contribution in [3.05, 3.63) is 11.6 Å². The van der Waals surface area contributed by atoms with Gasteiger partial charge in [-0.25, -0.2) is 0 Å². The number of allylic oxidation sites excluding steroid dienone is 1. The van der Waals surface area contributed by atoms with E-state index in [1.807, 2.05) is 6.08 Å². The number of rotatable bonds is 3. The monoisotopic (exact) mass is 202 g/mol. The molecule has 0 radical (unpaired) electrons. The van der Waals surface area contributed by atoms with Gasteiger partial charge in [-0.15, -0.1) is 0 Å². The van der Waals surface area contributed by atoms with E-state index in [2.05, 4.69) is 6.92 Å². The van der Waals surface area contributed by atoms with Crippen LogP contribution >= 0.6 is 0 Å². The zero-order chi connectivity index (χ0) is 9.84. The summed E-state index contributed by atoms with van der Waals surface area (Å²) in [5, 5.41) is 9.46. The minimum absolute atomic E-state index is 0.274. The lowest BCUT2D eigenvalue weighted by atomic mass is 9.87. The fourth-order valence-electron chi connectivity index (χ4n) is 1.81. The molecule has 1 rings (SSSR count). The molecule has 0 bridgehead atoms. The van der Waals surface area contributed by atoms with Crippen molar-refractivity contribution in [3.8, 4) is 0 Å². The third-order valence-electron chi connectivity index (χ3n) is 2.39. The second-order valence-electron chi connectivity index (χ2n) is 3.96. The first-order chi connectivity index (χ1) is 6.08. The maximum Gasteiger partial charge on any atom is 0.0726 e. The largest absolute Gasteiger partial charge is 0.389 e. The van der Waals surface area contributed by atoms with E-state index >= 15 is 0 Å². The second-order valence-corrected chi connectivity index (χ2v) is 5.52. The van der Waals surface area contributed by atoms with Gasteiger partial charge in [-0.1, -0.05) is 18.6 Å². The molecule has 0 amide bonds. The van der Waals surface area contributed by atoms with Gasteiger partial charge in [-0.05, 0) is 25.2 Å². The molecule has 0 aromatic carbocycles. The van der Waals surface area contributed by atoms with Crippen molar-refractivity contribution in [2.75, 3.05) is 12.0 Å². The van der Waals surface area contributed by atoms with E-state index in [4.69, 9.17) is 0 Å². The molecule has 2 nitrogen and oxygen atoms in total. The lowest BCUT2D eigenvalue weighted by Crippen LogP contribution is -2.16. The summed E-state index contributed by atoms with van der Waals surface area (Å²) in [5.41, 5.74) is 1.28. The van der Waals surface area contributed by atoms with E-state index in [1.165, 1.54) is 5.57 Å². The summed E-state index contributed by atoms with van der Waals surface area (Å²) in [6.45, 7) is 2.15. The molecular formula is C10H18O2S. The van der Waals surface area contributed by atoms with Crippen molar-refractivity contribution in [2.24, 2.45) is 5.92 Å². The first-order valence-electron chi connectivity index (χ1n) is 4.75. The van der Waals surface area contributed by atoms with Crippen molar-refractivity contribution in [1.82, 2.24) is 0 Å². The van der Waals surface area contributed by atoms with Crippen LogP contribution in [0.2, 0.25) is 0 Å². The first kappa shape index (κ1) is 10.9. The highest BCUT2D eigenvalue weighted by Crippen LogP contribution is 2.25. The Labute approximate surface area is 82.5 Å². The van der Waals surface area contributed by atoms with Crippen molar-refractivity contribution >= 4 is 10.8 Å². The van der Waals surface area contributed by atoms with Crippen LogP contribution in [0.3, 0.4) is 0 Å². The molecule has 3 unspecified atom stereocenters. The van der Waals surface area contributed by atoms with E-state index in [9.17, 15) is 9.32 Å². The zero-order valence-electron chi connectivity index (χ0n) is 8.32. The number of aliphatic hydroxyl groups excluding tert-OH is 1. The molecule has 76 valence electrons. The van der Waals surface area contributed by atoms with Gasteiger partial charge in [0.05, 0.1) is 6.10 Å². The molecule has 0 saturated carbocycles. The normalized spacial score (nSPS) is 31.2. The molecule has 0 aliphatic heterocycles. The van der Waals surface area contributed by atoms with Gasteiger partial charge in [0, 0.05) is 22.8 Å². The minimum atomic E-state index is -0.712. The Bertz CT molecular complexity index is 223. The van der Waals surface area contributed by atoms with Crippen molar-refractivity contribution in [3.63, 3.8) is 0 Å². The van der Waals surface area contributed by atoms with E-state index in [0.717, 1.165) is 25.0 Å². The van der Waals surface area contributed by atoms with Gasteiger partial charge in [-0.3, -0.25) is 4.21 Å². The Morgan fingerprint density at radius 1 is 1.69 bits per heavy atom. The molecule has 1 aliphatic rings. The minimum Gasteiger partial charge on any atom is -0.389 e. The fourth-order valence-corrected chi connectivity index (χ4v) is 2.36.